The van der Waals surface area contributed by atoms with Gasteiger partial charge in [-0.3, -0.25) is 4.79 Å². The standard InChI is InChI=1S/C23H26N2O2S/c1-6-20(23(26)24-18-11-7-9-14(2)16(18)4)28-21-13-15(3)17-10-8-12-19(27-5)22(17)25-21/h7-13,20H,6H2,1-5H3,(H,24,26). The molecule has 0 aliphatic heterocycles. The van der Waals surface area contributed by atoms with Gasteiger partial charge in [-0.05, 0) is 62.1 Å². The summed E-state index contributed by atoms with van der Waals surface area (Å²) in [7, 11) is 1.65. The van der Waals surface area contributed by atoms with E-state index in [1.165, 1.54) is 11.8 Å². The van der Waals surface area contributed by atoms with Crippen LogP contribution < -0.4 is 10.1 Å². The molecular formula is C23H26N2O2S. The molecule has 2 aromatic carbocycles. The summed E-state index contributed by atoms with van der Waals surface area (Å²) >= 11 is 1.50. The lowest BCUT2D eigenvalue weighted by Gasteiger charge is -2.17. The Morgan fingerprint density at radius 1 is 1.14 bits per heavy atom. The lowest BCUT2D eigenvalue weighted by molar-refractivity contribution is -0.115. The number of amides is 1. The molecule has 1 amide bonds. The molecule has 0 saturated heterocycles. The molecule has 5 heteroatoms. The minimum Gasteiger partial charge on any atom is -0.494 e. The van der Waals surface area contributed by atoms with Gasteiger partial charge in [-0.15, -0.1) is 0 Å². The summed E-state index contributed by atoms with van der Waals surface area (Å²) in [6, 6.07) is 13.9. The first-order valence-corrected chi connectivity index (χ1v) is 10.3. The van der Waals surface area contributed by atoms with Gasteiger partial charge in [0.15, 0.2) is 0 Å². The highest BCUT2D eigenvalue weighted by Gasteiger charge is 2.20. The van der Waals surface area contributed by atoms with Crippen LogP contribution >= 0.6 is 11.8 Å². The minimum atomic E-state index is -0.223. The molecule has 4 nitrogen and oxygen atoms in total. The molecule has 0 spiro atoms. The van der Waals surface area contributed by atoms with Crippen molar-refractivity contribution in [1.29, 1.82) is 0 Å². The van der Waals surface area contributed by atoms with Gasteiger partial charge in [0.05, 0.1) is 17.4 Å². The third kappa shape index (κ3) is 4.14. The molecule has 146 valence electrons. The van der Waals surface area contributed by atoms with E-state index in [1.807, 2.05) is 63.2 Å². The summed E-state index contributed by atoms with van der Waals surface area (Å²) in [6.45, 7) is 8.16. The van der Waals surface area contributed by atoms with Gasteiger partial charge >= 0.3 is 0 Å². The zero-order valence-electron chi connectivity index (χ0n) is 17.0. The van der Waals surface area contributed by atoms with Gasteiger partial charge in [-0.25, -0.2) is 4.98 Å². The molecule has 0 fully saturated rings. The number of fused-ring (bicyclic) bond motifs is 1. The molecule has 0 bridgehead atoms. The number of hydrogen-bond acceptors (Lipinski definition) is 4. The van der Waals surface area contributed by atoms with E-state index in [4.69, 9.17) is 9.72 Å². The zero-order valence-corrected chi connectivity index (χ0v) is 17.8. The van der Waals surface area contributed by atoms with Crippen molar-refractivity contribution in [3.63, 3.8) is 0 Å². The SMILES string of the molecule is CCC(Sc1cc(C)c2cccc(OC)c2n1)C(=O)Nc1cccc(C)c1C. The number of methoxy groups -OCH3 is 1. The van der Waals surface area contributed by atoms with Crippen LogP contribution in [-0.4, -0.2) is 23.3 Å². The largest absolute Gasteiger partial charge is 0.494 e. The van der Waals surface area contributed by atoms with Crippen molar-refractivity contribution < 1.29 is 9.53 Å². The fraction of sp³-hybridized carbons (Fsp3) is 0.304. The van der Waals surface area contributed by atoms with Gasteiger partial charge in [-0.1, -0.05) is 43.0 Å². The molecule has 0 aliphatic rings. The quantitative estimate of drug-likeness (QED) is 0.547. The molecule has 1 atom stereocenters. The number of aromatic nitrogens is 1. The fourth-order valence-electron chi connectivity index (χ4n) is 3.15. The minimum absolute atomic E-state index is 0.000719. The van der Waals surface area contributed by atoms with Crippen LogP contribution in [0.4, 0.5) is 5.69 Å². The third-order valence-electron chi connectivity index (χ3n) is 4.99. The van der Waals surface area contributed by atoms with Crippen LogP contribution in [0.25, 0.3) is 10.9 Å². The summed E-state index contributed by atoms with van der Waals surface area (Å²) < 4.78 is 5.47. The van der Waals surface area contributed by atoms with Gasteiger partial charge in [0.1, 0.15) is 11.3 Å². The number of carbonyl (C=O) groups is 1. The Kier molecular flexibility index (Phi) is 6.25. The Morgan fingerprint density at radius 2 is 1.89 bits per heavy atom. The predicted molar refractivity (Wildman–Crippen MR) is 118 cm³/mol. The van der Waals surface area contributed by atoms with Gasteiger partial charge < -0.3 is 10.1 Å². The molecule has 1 unspecified atom stereocenters. The summed E-state index contributed by atoms with van der Waals surface area (Å²) in [5.74, 6) is 0.747. The maximum absolute atomic E-state index is 12.9. The number of para-hydroxylation sites is 1. The normalized spacial score (nSPS) is 12.0. The van der Waals surface area contributed by atoms with Crippen molar-refractivity contribution in [2.45, 2.75) is 44.4 Å². The van der Waals surface area contributed by atoms with Crippen molar-refractivity contribution >= 4 is 34.3 Å². The molecular weight excluding hydrogens is 368 g/mol. The van der Waals surface area contributed by atoms with E-state index in [0.717, 1.165) is 44.1 Å². The van der Waals surface area contributed by atoms with Crippen molar-refractivity contribution in [3.8, 4) is 5.75 Å². The van der Waals surface area contributed by atoms with E-state index < -0.39 is 0 Å². The Morgan fingerprint density at radius 3 is 2.61 bits per heavy atom. The van der Waals surface area contributed by atoms with Gasteiger partial charge in [0.25, 0.3) is 0 Å². The molecule has 3 aromatic rings. The van der Waals surface area contributed by atoms with Gasteiger partial charge in [0, 0.05) is 11.1 Å². The maximum atomic E-state index is 12.9. The number of anilines is 1. The monoisotopic (exact) mass is 394 g/mol. The lowest BCUT2D eigenvalue weighted by atomic mass is 10.1. The Labute approximate surface area is 170 Å². The second kappa shape index (κ2) is 8.65. The number of benzene rings is 2. The number of pyridine rings is 1. The van der Waals surface area contributed by atoms with E-state index in [2.05, 4.69) is 12.2 Å². The average molecular weight is 395 g/mol. The van der Waals surface area contributed by atoms with Crippen LogP contribution in [0.15, 0.2) is 47.5 Å². The van der Waals surface area contributed by atoms with E-state index in [0.29, 0.717) is 6.42 Å². The van der Waals surface area contributed by atoms with Crippen molar-refractivity contribution in [2.75, 3.05) is 12.4 Å². The van der Waals surface area contributed by atoms with Crippen LogP contribution in [0.3, 0.4) is 0 Å². The maximum Gasteiger partial charge on any atom is 0.237 e. The summed E-state index contributed by atoms with van der Waals surface area (Å²) in [6.07, 6.45) is 0.714. The number of ether oxygens (including phenoxy) is 1. The third-order valence-corrected chi connectivity index (χ3v) is 6.28. The number of nitrogens with zero attached hydrogens (tertiary/aromatic N) is 1. The number of nitrogens with one attached hydrogen (secondary N) is 1. The van der Waals surface area contributed by atoms with Crippen molar-refractivity contribution in [3.05, 3.63) is 59.2 Å². The van der Waals surface area contributed by atoms with Crippen LogP contribution in [0.5, 0.6) is 5.75 Å². The summed E-state index contributed by atoms with van der Waals surface area (Å²) in [5, 5.41) is 4.76. The summed E-state index contributed by atoms with van der Waals surface area (Å²) in [4.78, 5) is 17.7. The lowest BCUT2D eigenvalue weighted by Crippen LogP contribution is -2.25. The molecule has 3 rings (SSSR count). The molecule has 0 saturated carbocycles. The van der Waals surface area contributed by atoms with Crippen molar-refractivity contribution in [1.82, 2.24) is 4.98 Å². The highest BCUT2D eigenvalue weighted by Crippen LogP contribution is 2.32. The number of thioether (sulfide) groups is 1. The topological polar surface area (TPSA) is 51.2 Å². The van der Waals surface area contributed by atoms with Gasteiger partial charge in [0.2, 0.25) is 5.91 Å². The van der Waals surface area contributed by atoms with Crippen LogP contribution in [0, 0.1) is 20.8 Å². The molecule has 1 heterocycles. The van der Waals surface area contributed by atoms with Crippen LogP contribution in [0.1, 0.15) is 30.0 Å². The van der Waals surface area contributed by atoms with E-state index in [-0.39, 0.29) is 11.2 Å². The van der Waals surface area contributed by atoms with Crippen molar-refractivity contribution in [2.24, 2.45) is 0 Å². The molecule has 1 N–H and O–H groups in total. The first kappa shape index (κ1) is 20.2. The first-order chi connectivity index (χ1) is 13.4. The highest BCUT2D eigenvalue weighted by molar-refractivity contribution is 8.00. The second-order valence-electron chi connectivity index (χ2n) is 6.89. The predicted octanol–water partition coefficient (Wildman–Crippen LogP) is 5.68. The molecule has 0 radical (unpaired) electrons. The van der Waals surface area contributed by atoms with Gasteiger partial charge in [-0.2, -0.15) is 0 Å². The fourth-order valence-corrected chi connectivity index (χ4v) is 4.17. The average Bonchev–Trinajstić information content (AvgIpc) is 2.69. The number of aryl methyl sites for hydroxylation is 2. The van der Waals surface area contributed by atoms with E-state index in [9.17, 15) is 4.79 Å². The number of rotatable bonds is 6. The van der Waals surface area contributed by atoms with E-state index in [1.54, 1.807) is 7.11 Å². The number of carbonyl (C=O) groups excluding carboxylic acids is 1. The Balaban J connectivity index is 1.86. The molecule has 0 aliphatic carbocycles. The highest BCUT2D eigenvalue weighted by atomic mass is 32.2. The molecule has 28 heavy (non-hydrogen) atoms. The first-order valence-electron chi connectivity index (χ1n) is 9.42. The Hall–Kier alpha value is -2.53. The number of hydrogen-bond donors (Lipinski definition) is 1. The molecule has 1 aromatic heterocycles. The Bertz CT molecular complexity index is 1020. The van der Waals surface area contributed by atoms with Crippen LogP contribution in [0.2, 0.25) is 0 Å². The van der Waals surface area contributed by atoms with Crippen LogP contribution in [-0.2, 0) is 4.79 Å². The van der Waals surface area contributed by atoms with E-state index >= 15 is 0 Å². The zero-order chi connectivity index (χ0) is 20.3. The smallest absolute Gasteiger partial charge is 0.237 e. The summed E-state index contributed by atoms with van der Waals surface area (Å²) in [5.41, 5.74) is 5.08. The second-order valence-corrected chi connectivity index (χ2v) is 8.11.